The standard InChI is InChI=1S/C15H25F3N4O3/c1-25-7-6-22-10-11(8-13(22)23)14(24)20-9-12(15(16,17)18)21-4-2-19-3-5-21/h11-12,19H,2-10H2,1H3,(H,20,24). The van der Waals surface area contributed by atoms with E-state index in [0.29, 0.717) is 26.2 Å². The van der Waals surface area contributed by atoms with Gasteiger partial charge < -0.3 is 20.3 Å². The molecule has 2 aliphatic rings. The Morgan fingerprint density at radius 1 is 1.40 bits per heavy atom. The SMILES string of the molecule is COCCN1CC(C(=O)NCC(N2CCNCC2)C(F)(F)F)CC1=O. The molecular weight excluding hydrogens is 341 g/mol. The fraction of sp³-hybridized carbons (Fsp3) is 0.867. The van der Waals surface area contributed by atoms with Crippen LogP contribution < -0.4 is 10.6 Å². The summed E-state index contributed by atoms with van der Waals surface area (Å²) in [5.41, 5.74) is 0. The molecule has 25 heavy (non-hydrogen) atoms. The molecule has 0 spiro atoms. The van der Waals surface area contributed by atoms with Crippen LogP contribution in [0.15, 0.2) is 0 Å². The molecule has 2 aliphatic heterocycles. The summed E-state index contributed by atoms with van der Waals surface area (Å²) >= 11 is 0. The Labute approximate surface area is 144 Å². The minimum atomic E-state index is -4.42. The van der Waals surface area contributed by atoms with Crippen LogP contribution in [0.1, 0.15) is 6.42 Å². The number of ether oxygens (including phenoxy) is 1. The van der Waals surface area contributed by atoms with Gasteiger partial charge >= 0.3 is 6.18 Å². The number of hydrogen-bond acceptors (Lipinski definition) is 5. The number of carbonyl (C=O) groups is 2. The van der Waals surface area contributed by atoms with Crippen LogP contribution in [0.3, 0.4) is 0 Å². The van der Waals surface area contributed by atoms with Crippen molar-refractivity contribution in [2.24, 2.45) is 5.92 Å². The van der Waals surface area contributed by atoms with Gasteiger partial charge in [0.25, 0.3) is 0 Å². The molecule has 2 rings (SSSR count). The van der Waals surface area contributed by atoms with Crippen molar-refractivity contribution in [2.75, 3.05) is 59.5 Å². The molecule has 0 aromatic carbocycles. The summed E-state index contributed by atoms with van der Waals surface area (Å²) in [7, 11) is 1.51. The first-order valence-corrected chi connectivity index (χ1v) is 8.39. The van der Waals surface area contributed by atoms with Crippen LogP contribution in [0.2, 0.25) is 0 Å². The maximum Gasteiger partial charge on any atom is 0.405 e. The molecule has 2 atom stereocenters. The lowest BCUT2D eigenvalue weighted by Crippen LogP contribution is -2.57. The summed E-state index contributed by atoms with van der Waals surface area (Å²) in [4.78, 5) is 26.9. The molecule has 0 aliphatic carbocycles. The molecule has 0 radical (unpaired) electrons. The Kier molecular flexibility index (Phi) is 7.03. The van der Waals surface area contributed by atoms with Crippen molar-refractivity contribution in [3.05, 3.63) is 0 Å². The number of carbonyl (C=O) groups excluding carboxylic acids is 2. The van der Waals surface area contributed by atoms with E-state index in [1.807, 2.05) is 0 Å². The van der Waals surface area contributed by atoms with E-state index in [9.17, 15) is 22.8 Å². The highest BCUT2D eigenvalue weighted by Gasteiger charge is 2.44. The summed E-state index contributed by atoms with van der Waals surface area (Å²) in [5.74, 6) is -1.29. The van der Waals surface area contributed by atoms with E-state index >= 15 is 0 Å². The molecule has 2 unspecified atom stereocenters. The smallest absolute Gasteiger partial charge is 0.383 e. The quantitative estimate of drug-likeness (QED) is 0.632. The molecule has 2 heterocycles. The second-order valence-electron chi connectivity index (χ2n) is 6.32. The van der Waals surface area contributed by atoms with Gasteiger partial charge in [-0.1, -0.05) is 0 Å². The zero-order chi connectivity index (χ0) is 18.4. The van der Waals surface area contributed by atoms with E-state index in [1.54, 1.807) is 0 Å². The summed E-state index contributed by atoms with van der Waals surface area (Å²) in [6.45, 7) is 2.02. The number of piperazine rings is 1. The highest BCUT2D eigenvalue weighted by atomic mass is 19.4. The van der Waals surface area contributed by atoms with Crippen molar-refractivity contribution >= 4 is 11.8 Å². The third kappa shape index (κ3) is 5.55. The monoisotopic (exact) mass is 366 g/mol. The van der Waals surface area contributed by atoms with Crippen LogP contribution >= 0.6 is 0 Å². The Hall–Kier alpha value is -1.39. The Morgan fingerprint density at radius 2 is 2.08 bits per heavy atom. The molecule has 2 fully saturated rings. The van der Waals surface area contributed by atoms with Gasteiger partial charge in [-0.15, -0.1) is 0 Å². The molecule has 7 nitrogen and oxygen atoms in total. The Balaban J connectivity index is 1.87. The first kappa shape index (κ1) is 19.9. The van der Waals surface area contributed by atoms with Gasteiger partial charge in [0.2, 0.25) is 11.8 Å². The molecule has 0 bridgehead atoms. The molecule has 0 saturated carbocycles. The van der Waals surface area contributed by atoms with Gasteiger partial charge in [-0.3, -0.25) is 14.5 Å². The number of amides is 2. The average Bonchev–Trinajstić information content (AvgIpc) is 2.93. The van der Waals surface area contributed by atoms with Gasteiger partial charge in [0.1, 0.15) is 6.04 Å². The topological polar surface area (TPSA) is 73.9 Å². The van der Waals surface area contributed by atoms with Gasteiger partial charge in [0, 0.05) is 59.3 Å². The third-order valence-corrected chi connectivity index (χ3v) is 4.59. The predicted octanol–water partition coefficient (Wildman–Crippen LogP) is -0.566. The Morgan fingerprint density at radius 3 is 2.68 bits per heavy atom. The van der Waals surface area contributed by atoms with Crippen molar-refractivity contribution in [3.63, 3.8) is 0 Å². The predicted molar refractivity (Wildman–Crippen MR) is 83.9 cm³/mol. The summed E-state index contributed by atoms with van der Waals surface area (Å²) in [5, 5.41) is 5.40. The van der Waals surface area contributed by atoms with Gasteiger partial charge in [-0.2, -0.15) is 13.2 Å². The second-order valence-corrected chi connectivity index (χ2v) is 6.32. The number of nitrogens with one attached hydrogen (secondary N) is 2. The molecular formula is C15H25F3N4O3. The van der Waals surface area contributed by atoms with Crippen LogP contribution in [0, 0.1) is 5.92 Å². The van der Waals surface area contributed by atoms with E-state index in [-0.39, 0.29) is 32.0 Å². The van der Waals surface area contributed by atoms with Gasteiger partial charge in [0.15, 0.2) is 0 Å². The van der Waals surface area contributed by atoms with Gasteiger partial charge in [-0.25, -0.2) is 0 Å². The molecule has 2 saturated heterocycles. The van der Waals surface area contributed by atoms with E-state index in [1.165, 1.54) is 16.9 Å². The number of hydrogen-bond donors (Lipinski definition) is 2. The third-order valence-electron chi connectivity index (χ3n) is 4.59. The highest BCUT2D eigenvalue weighted by Crippen LogP contribution is 2.25. The van der Waals surface area contributed by atoms with E-state index < -0.39 is 30.6 Å². The zero-order valence-corrected chi connectivity index (χ0v) is 14.3. The minimum absolute atomic E-state index is 0.0276. The lowest BCUT2D eigenvalue weighted by Gasteiger charge is -2.36. The molecule has 10 heteroatoms. The lowest BCUT2D eigenvalue weighted by atomic mass is 10.1. The number of likely N-dealkylation sites (tertiary alicyclic amines) is 1. The maximum absolute atomic E-state index is 13.3. The van der Waals surface area contributed by atoms with Crippen molar-refractivity contribution in [3.8, 4) is 0 Å². The summed E-state index contributed by atoms with van der Waals surface area (Å²) in [6, 6.07) is -1.71. The number of halogens is 3. The fourth-order valence-electron chi connectivity index (χ4n) is 3.15. The van der Waals surface area contributed by atoms with Crippen molar-refractivity contribution in [1.82, 2.24) is 20.4 Å². The summed E-state index contributed by atoms with van der Waals surface area (Å²) in [6.07, 6.45) is -4.39. The van der Waals surface area contributed by atoms with Crippen molar-refractivity contribution < 1.29 is 27.5 Å². The van der Waals surface area contributed by atoms with Crippen LogP contribution in [-0.2, 0) is 14.3 Å². The Bertz CT molecular complexity index is 469. The van der Waals surface area contributed by atoms with E-state index in [2.05, 4.69) is 10.6 Å². The van der Waals surface area contributed by atoms with E-state index in [4.69, 9.17) is 4.74 Å². The van der Waals surface area contributed by atoms with Crippen LogP contribution in [-0.4, -0.2) is 93.4 Å². The van der Waals surface area contributed by atoms with Gasteiger partial charge in [-0.05, 0) is 0 Å². The molecule has 2 amide bonds. The number of alkyl halides is 3. The number of nitrogens with zero attached hydrogens (tertiary/aromatic N) is 2. The minimum Gasteiger partial charge on any atom is -0.383 e. The van der Waals surface area contributed by atoms with Crippen molar-refractivity contribution in [1.29, 1.82) is 0 Å². The molecule has 2 N–H and O–H groups in total. The number of methoxy groups -OCH3 is 1. The van der Waals surface area contributed by atoms with Crippen LogP contribution in [0.25, 0.3) is 0 Å². The maximum atomic E-state index is 13.3. The largest absolute Gasteiger partial charge is 0.405 e. The first-order chi connectivity index (χ1) is 11.8. The normalized spacial score (nSPS) is 23.8. The number of rotatable bonds is 7. The molecule has 0 aromatic heterocycles. The van der Waals surface area contributed by atoms with Crippen LogP contribution in [0.4, 0.5) is 13.2 Å². The second kappa shape index (κ2) is 8.81. The van der Waals surface area contributed by atoms with Gasteiger partial charge in [0.05, 0.1) is 12.5 Å². The van der Waals surface area contributed by atoms with E-state index in [0.717, 1.165) is 0 Å². The molecule has 0 aromatic rings. The fourth-order valence-corrected chi connectivity index (χ4v) is 3.15. The molecule has 144 valence electrons. The first-order valence-electron chi connectivity index (χ1n) is 8.39. The average molecular weight is 366 g/mol. The lowest BCUT2D eigenvalue weighted by molar-refractivity contribution is -0.184. The summed E-state index contributed by atoms with van der Waals surface area (Å²) < 4.78 is 44.8. The zero-order valence-electron chi connectivity index (χ0n) is 14.3. The van der Waals surface area contributed by atoms with Crippen molar-refractivity contribution in [2.45, 2.75) is 18.6 Å². The highest BCUT2D eigenvalue weighted by molar-refractivity contribution is 5.89. The van der Waals surface area contributed by atoms with Crippen LogP contribution in [0.5, 0.6) is 0 Å².